The average Bonchev–Trinajstić information content (AvgIpc) is 3.19. The summed E-state index contributed by atoms with van der Waals surface area (Å²) < 4.78 is 52.4. The number of nitrogens with two attached hydrogens (primary N) is 1. The highest BCUT2D eigenvalue weighted by Gasteiger charge is 2.48. The molecule has 0 spiro atoms. The van der Waals surface area contributed by atoms with Crippen molar-refractivity contribution in [2.24, 2.45) is 10.9 Å². The normalized spacial score (nSPS) is 23.8. The third-order valence-corrected chi connectivity index (χ3v) is 7.34. The summed E-state index contributed by atoms with van der Waals surface area (Å²) in [5.74, 6) is -2.33. The van der Waals surface area contributed by atoms with E-state index in [1.807, 2.05) is 13.8 Å². The van der Waals surface area contributed by atoms with Gasteiger partial charge in [0.1, 0.15) is 42.5 Å². The first-order valence-electron chi connectivity index (χ1n) is 12.4. The fraction of sp³-hybridized carbons (Fsp3) is 0.520. The second-order valence-corrected chi connectivity index (χ2v) is 10.9. The number of nitrogens with zero attached hydrogens (tertiary/aromatic N) is 3. The number of ether oxygens (including phenoxy) is 2. The zero-order valence-electron chi connectivity index (χ0n) is 21.9. The fourth-order valence-electron chi connectivity index (χ4n) is 3.86. The number of rotatable bonds is 12. The molecular formula is C25H34FN4O7P. The fourth-order valence-corrected chi connectivity index (χ4v) is 5.18. The van der Waals surface area contributed by atoms with Crippen LogP contribution in [0.15, 0.2) is 52.4 Å². The Morgan fingerprint density at radius 1 is 1.34 bits per heavy atom. The lowest BCUT2D eigenvalue weighted by Gasteiger charge is -2.23. The summed E-state index contributed by atoms with van der Waals surface area (Å²) in [6.45, 7) is 6.19. The van der Waals surface area contributed by atoms with Crippen molar-refractivity contribution in [3.8, 4) is 5.75 Å². The van der Waals surface area contributed by atoms with Gasteiger partial charge in [-0.25, -0.2) is 18.5 Å². The van der Waals surface area contributed by atoms with Gasteiger partial charge in [-0.05, 0) is 38.0 Å². The third kappa shape index (κ3) is 7.72. The Bertz CT molecular complexity index is 1220. The zero-order chi connectivity index (χ0) is 27.9. The van der Waals surface area contributed by atoms with Gasteiger partial charge in [-0.15, -0.1) is 0 Å². The Labute approximate surface area is 220 Å². The Hall–Kier alpha value is -3.08. The number of nitrogen functional groups attached to an aromatic ring is 1. The molecule has 1 aromatic carbocycles. The molecule has 13 heteroatoms. The number of halogens is 1. The van der Waals surface area contributed by atoms with E-state index >= 15 is 4.39 Å². The molecule has 2 heterocycles. The van der Waals surface area contributed by atoms with Crippen molar-refractivity contribution in [3.63, 3.8) is 0 Å². The largest absolute Gasteiger partial charge is 0.461 e. The van der Waals surface area contributed by atoms with Crippen LogP contribution in [0.25, 0.3) is 0 Å². The van der Waals surface area contributed by atoms with E-state index < -0.39 is 49.9 Å². The van der Waals surface area contributed by atoms with Crippen molar-refractivity contribution in [1.82, 2.24) is 9.55 Å². The molecule has 11 nitrogen and oxygen atoms in total. The van der Waals surface area contributed by atoms with Crippen LogP contribution in [0.3, 0.4) is 0 Å². The number of aromatic nitrogens is 2. The van der Waals surface area contributed by atoms with Gasteiger partial charge >= 0.3 is 19.3 Å². The van der Waals surface area contributed by atoms with Gasteiger partial charge in [-0.3, -0.25) is 14.1 Å². The minimum absolute atomic E-state index is 0.0306. The maximum absolute atomic E-state index is 15.7. The molecule has 2 aromatic rings. The van der Waals surface area contributed by atoms with E-state index in [9.17, 15) is 14.2 Å². The van der Waals surface area contributed by atoms with Crippen LogP contribution in [0.2, 0.25) is 0 Å². The molecule has 0 aliphatic carbocycles. The summed E-state index contributed by atoms with van der Waals surface area (Å²) in [4.78, 5) is 32.3. The highest BCUT2D eigenvalue weighted by Crippen LogP contribution is 2.49. The second-order valence-electron chi connectivity index (χ2n) is 9.15. The van der Waals surface area contributed by atoms with Crippen molar-refractivity contribution in [2.45, 2.75) is 71.2 Å². The number of hydrogen-bond donors (Lipinski definition) is 1. The van der Waals surface area contributed by atoms with Gasteiger partial charge in [0, 0.05) is 18.5 Å². The standard InChI is InChI=1S/C25H34FN4O7P/c1-5-19(6-2)35-23(31)18(4)28-16-38(33,37-20-10-8-7-9-11-20)34-15-25(26)14-17(3)22(36-25)30-13-12-21(27)29-24(30)32/h7-13,16-19,22H,5-6,14-15H2,1-4H3,(H2,27,29,32)/t17-,18-,22+,25-,38-/m0/s1. The third-order valence-electron chi connectivity index (χ3n) is 5.97. The highest BCUT2D eigenvalue weighted by atomic mass is 31.2. The summed E-state index contributed by atoms with van der Waals surface area (Å²) in [6.07, 6.45) is 1.27. The van der Waals surface area contributed by atoms with Crippen LogP contribution in [-0.2, 0) is 23.4 Å². The monoisotopic (exact) mass is 552 g/mol. The smallest absolute Gasteiger partial charge is 0.421 e. The molecule has 1 fully saturated rings. The average molecular weight is 553 g/mol. The van der Waals surface area contributed by atoms with Gasteiger partial charge in [0.15, 0.2) is 0 Å². The van der Waals surface area contributed by atoms with Gasteiger partial charge < -0.3 is 19.7 Å². The summed E-state index contributed by atoms with van der Waals surface area (Å²) >= 11 is 0. The molecular weight excluding hydrogens is 518 g/mol. The number of para-hydroxylation sites is 1. The van der Waals surface area contributed by atoms with E-state index in [4.69, 9.17) is 24.3 Å². The van der Waals surface area contributed by atoms with Gasteiger partial charge in [-0.1, -0.05) is 39.0 Å². The quantitative estimate of drug-likeness (QED) is 0.229. The number of esters is 1. The molecule has 0 amide bonds. The number of hydrogen-bond acceptors (Lipinski definition) is 10. The minimum Gasteiger partial charge on any atom is -0.461 e. The van der Waals surface area contributed by atoms with E-state index in [0.717, 1.165) is 10.5 Å². The van der Waals surface area contributed by atoms with Crippen molar-refractivity contribution in [2.75, 3.05) is 12.3 Å². The Balaban J connectivity index is 1.76. The number of aliphatic imine (C=N–C) groups is 1. The van der Waals surface area contributed by atoms with Crippen LogP contribution in [-0.4, -0.2) is 46.1 Å². The highest BCUT2D eigenvalue weighted by molar-refractivity contribution is 7.70. The summed E-state index contributed by atoms with van der Waals surface area (Å²) in [7, 11) is -4.22. The predicted molar refractivity (Wildman–Crippen MR) is 140 cm³/mol. The lowest BCUT2D eigenvalue weighted by Crippen LogP contribution is -2.32. The van der Waals surface area contributed by atoms with Crippen molar-refractivity contribution >= 4 is 25.3 Å². The number of carbonyl (C=O) groups excluding carboxylic acids is 1. The number of carbonyl (C=O) groups is 1. The van der Waals surface area contributed by atoms with E-state index in [0.29, 0.717) is 12.8 Å². The maximum Gasteiger partial charge on any atom is 0.421 e. The SMILES string of the molecule is CCC(CC)OC(=O)[C@H](C)N=C[P@](=O)(OC[C@]1(F)C[C@H](C)[C@H](n2ccc(N)nc2=O)O1)Oc1ccccc1. The zero-order valence-corrected chi connectivity index (χ0v) is 22.8. The maximum atomic E-state index is 15.7. The molecule has 2 N–H and O–H groups in total. The molecule has 0 unspecified atom stereocenters. The van der Waals surface area contributed by atoms with Crippen LogP contribution in [0.5, 0.6) is 5.75 Å². The van der Waals surface area contributed by atoms with E-state index in [1.54, 1.807) is 37.3 Å². The number of anilines is 1. The van der Waals surface area contributed by atoms with Crippen LogP contribution in [0.1, 0.15) is 53.2 Å². The Morgan fingerprint density at radius 3 is 2.66 bits per heavy atom. The van der Waals surface area contributed by atoms with Gasteiger partial charge in [0.05, 0.1) is 0 Å². The van der Waals surface area contributed by atoms with E-state index in [-0.39, 0.29) is 24.1 Å². The van der Waals surface area contributed by atoms with Crippen molar-refractivity contribution in [3.05, 3.63) is 53.1 Å². The van der Waals surface area contributed by atoms with Gasteiger partial charge in [-0.2, -0.15) is 4.98 Å². The molecule has 0 saturated carbocycles. The van der Waals surface area contributed by atoms with Gasteiger partial charge in [0.2, 0.25) is 5.85 Å². The number of alkyl halides is 1. The molecule has 5 atom stereocenters. The van der Waals surface area contributed by atoms with Crippen LogP contribution in [0, 0.1) is 5.92 Å². The van der Waals surface area contributed by atoms with E-state index in [2.05, 4.69) is 9.98 Å². The summed E-state index contributed by atoms with van der Waals surface area (Å²) in [5, 5.41) is 0. The Kier molecular flexibility index (Phi) is 9.81. The van der Waals surface area contributed by atoms with Crippen LogP contribution < -0.4 is 15.9 Å². The summed E-state index contributed by atoms with van der Waals surface area (Å²) in [5.41, 5.74) is 4.85. The van der Waals surface area contributed by atoms with Crippen molar-refractivity contribution < 1.29 is 32.3 Å². The molecule has 38 heavy (non-hydrogen) atoms. The molecule has 1 saturated heterocycles. The minimum atomic E-state index is -4.22. The molecule has 3 rings (SSSR count). The lowest BCUT2D eigenvalue weighted by molar-refractivity contribution is -0.174. The van der Waals surface area contributed by atoms with E-state index in [1.165, 1.54) is 19.2 Å². The number of benzene rings is 1. The first-order valence-corrected chi connectivity index (χ1v) is 14.0. The first-order chi connectivity index (χ1) is 18.0. The second kappa shape index (κ2) is 12.6. The molecule has 0 bridgehead atoms. The lowest BCUT2D eigenvalue weighted by atomic mass is 10.1. The molecule has 208 valence electrons. The Morgan fingerprint density at radius 2 is 2.03 bits per heavy atom. The summed E-state index contributed by atoms with van der Waals surface area (Å²) in [6, 6.07) is 8.56. The molecule has 1 aliphatic heterocycles. The first kappa shape index (κ1) is 29.5. The topological polar surface area (TPSA) is 144 Å². The van der Waals surface area contributed by atoms with Crippen LogP contribution in [0.4, 0.5) is 10.2 Å². The molecule has 0 radical (unpaired) electrons. The van der Waals surface area contributed by atoms with Crippen LogP contribution >= 0.6 is 7.60 Å². The predicted octanol–water partition coefficient (Wildman–Crippen LogP) is 4.48. The van der Waals surface area contributed by atoms with Gasteiger partial charge in [0.25, 0.3) is 0 Å². The molecule has 1 aromatic heterocycles. The molecule has 1 aliphatic rings. The van der Waals surface area contributed by atoms with Crippen molar-refractivity contribution in [1.29, 1.82) is 0 Å².